The summed E-state index contributed by atoms with van der Waals surface area (Å²) in [6.45, 7) is 4.69. The maximum Gasteiger partial charge on any atom is 0.277 e. The predicted octanol–water partition coefficient (Wildman–Crippen LogP) is 4.63. The van der Waals surface area contributed by atoms with Crippen LogP contribution in [0.4, 0.5) is 0 Å². The zero-order chi connectivity index (χ0) is 28.3. The summed E-state index contributed by atoms with van der Waals surface area (Å²) in [5.74, 6) is 1.69. The molecule has 40 heavy (non-hydrogen) atoms. The van der Waals surface area contributed by atoms with E-state index in [0.29, 0.717) is 52.5 Å². The van der Waals surface area contributed by atoms with Gasteiger partial charge in [0.2, 0.25) is 0 Å². The molecule has 10 nitrogen and oxygen atoms in total. The number of carbonyl (C=O) groups excluding carboxylic acids is 1. The Bertz CT molecular complexity index is 1460. The monoisotopic (exact) mass is 561 g/mol. The summed E-state index contributed by atoms with van der Waals surface area (Å²) in [7, 11) is 3.15. The number of ether oxygens (including phenoxy) is 4. The molecule has 1 atom stereocenters. The number of nitrogens with zero attached hydrogens (tertiary/aromatic N) is 3. The second-order valence-corrected chi connectivity index (χ2v) is 9.28. The van der Waals surface area contributed by atoms with Crippen molar-refractivity contribution in [2.24, 2.45) is 9.98 Å². The van der Waals surface area contributed by atoms with Gasteiger partial charge >= 0.3 is 0 Å². The Morgan fingerprint density at radius 3 is 2.85 bits per heavy atom. The van der Waals surface area contributed by atoms with Gasteiger partial charge in [-0.25, -0.2) is 4.99 Å². The molecule has 0 aliphatic carbocycles. The summed E-state index contributed by atoms with van der Waals surface area (Å²) in [4.78, 5) is 26.2. The van der Waals surface area contributed by atoms with Crippen molar-refractivity contribution in [3.63, 3.8) is 0 Å². The van der Waals surface area contributed by atoms with Crippen molar-refractivity contribution in [1.29, 1.82) is 0 Å². The van der Waals surface area contributed by atoms with Crippen molar-refractivity contribution in [2.75, 3.05) is 27.4 Å². The zero-order valence-corrected chi connectivity index (χ0v) is 23.5. The fourth-order valence-corrected chi connectivity index (χ4v) is 4.94. The number of aliphatic imine (C=N–C) groups is 2. The smallest absolute Gasteiger partial charge is 0.277 e. The van der Waals surface area contributed by atoms with E-state index in [1.54, 1.807) is 57.8 Å². The van der Waals surface area contributed by atoms with E-state index in [2.05, 4.69) is 25.6 Å². The largest absolute Gasteiger partial charge is 0.493 e. The number of methoxy groups -OCH3 is 2. The Hall–Kier alpha value is -4.51. The number of thioether (sulfide) groups is 1. The van der Waals surface area contributed by atoms with Crippen LogP contribution in [0.15, 0.2) is 93.2 Å². The van der Waals surface area contributed by atoms with Crippen molar-refractivity contribution in [1.82, 2.24) is 15.6 Å². The van der Waals surface area contributed by atoms with Crippen molar-refractivity contribution in [2.45, 2.75) is 19.2 Å². The number of carbonyl (C=O) groups is 1. The molecule has 2 aliphatic heterocycles. The summed E-state index contributed by atoms with van der Waals surface area (Å²) >= 11 is 1.43. The van der Waals surface area contributed by atoms with Gasteiger partial charge in [0.1, 0.15) is 16.9 Å². The zero-order valence-electron chi connectivity index (χ0n) is 22.7. The molecule has 208 valence electrons. The van der Waals surface area contributed by atoms with Crippen molar-refractivity contribution in [3.8, 4) is 17.2 Å². The van der Waals surface area contributed by atoms with Gasteiger partial charge in [0, 0.05) is 35.7 Å². The highest BCUT2D eigenvalue weighted by atomic mass is 32.2. The Balaban J connectivity index is 1.48. The third kappa shape index (κ3) is 6.92. The molecule has 2 N–H and O–H groups in total. The molecule has 1 aromatic heterocycles. The SMILES string of the molecule is C\C=N/C(=C\C=C\Oc1ccnc2cc(OC)c(OC)cc12)NC(=O)C1=C(OCC)SC(C2=CC=CCN=C2)N1. The first kappa shape index (κ1) is 28.5. The summed E-state index contributed by atoms with van der Waals surface area (Å²) in [6, 6.07) is 5.35. The van der Waals surface area contributed by atoms with Gasteiger partial charge in [-0.05, 0) is 38.1 Å². The lowest BCUT2D eigenvalue weighted by Gasteiger charge is -2.12. The van der Waals surface area contributed by atoms with Crippen molar-refractivity contribution < 1.29 is 23.7 Å². The van der Waals surface area contributed by atoms with Crippen molar-refractivity contribution >= 4 is 41.0 Å². The maximum absolute atomic E-state index is 13.2. The predicted molar refractivity (Wildman–Crippen MR) is 159 cm³/mol. The van der Waals surface area contributed by atoms with Crippen LogP contribution in [0.2, 0.25) is 0 Å². The minimum Gasteiger partial charge on any atom is -0.493 e. The van der Waals surface area contributed by atoms with Gasteiger partial charge in [-0.2, -0.15) is 0 Å². The van der Waals surface area contributed by atoms with E-state index in [-0.39, 0.29) is 11.3 Å². The number of allylic oxidation sites excluding steroid dienone is 4. The van der Waals surface area contributed by atoms with Gasteiger partial charge in [-0.1, -0.05) is 30.0 Å². The Labute approximate surface area is 237 Å². The summed E-state index contributed by atoms with van der Waals surface area (Å²) in [5, 5.41) is 7.17. The number of rotatable bonds is 11. The van der Waals surface area contributed by atoms with Crippen LogP contribution >= 0.6 is 11.8 Å². The second-order valence-electron chi connectivity index (χ2n) is 8.20. The fourth-order valence-electron chi connectivity index (χ4n) is 3.82. The van der Waals surface area contributed by atoms with Crippen LogP contribution in [0.5, 0.6) is 17.2 Å². The molecule has 0 saturated heterocycles. The van der Waals surface area contributed by atoms with Crippen LogP contribution in [0.3, 0.4) is 0 Å². The van der Waals surface area contributed by atoms with Gasteiger partial charge in [0.25, 0.3) is 5.91 Å². The summed E-state index contributed by atoms with van der Waals surface area (Å²) in [6.07, 6.45) is 15.7. The molecular weight excluding hydrogens is 530 g/mol. The topological polar surface area (TPSA) is 116 Å². The molecular formula is C29H31N5O5S. The lowest BCUT2D eigenvalue weighted by molar-refractivity contribution is -0.117. The summed E-state index contributed by atoms with van der Waals surface area (Å²) < 4.78 is 22.4. The Kier molecular flexibility index (Phi) is 10.0. The number of aromatic nitrogens is 1. The van der Waals surface area contributed by atoms with E-state index >= 15 is 0 Å². The van der Waals surface area contributed by atoms with Gasteiger partial charge in [0.15, 0.2) is 22.3 Å². The molecule has 0 fully saturated rings. The Morgan fingerprint density at radius 1 is 1.25 bits per heavy atom. The van der Waals surface area contributed by atoms with Gasteiger partial charge < -0.3 is 29.6 Å². The van der Waals surface area contributed by atoms with Crippen LogP contribution < -0.4 is 24.8 Å². The average molecular weight is 562 g/mol. The number of fused-ring (bicyclic) bond motifs is 1. The van der Waals surface area contributed by atoms with Crippen LogP contribution in [0.1, 0.15) is 13.8 Å². The molecule has 0 spiro atoms. The highest BCUT2D eigenvalue weighted by Crippen LogP contribution is 2.36. The molecule has 1 aromatic carbocycles. The number of amides is 1. The molecule has 0 radical (unpaired) electrons. The molecule has 2 aliphatic rings. The number of benzene rings is 1. The molecule has 11 heteroatoms. The molecule has 0 saturated carbocycles. The van der Waals surface area contributed by atoms with E-state index in [4.69, 9.17) is 18.9 Å². The van der Waals surface area contributed by atoms with Gasteiger partial charge in [-0.3, -0.25) is 14.8 Å². The van der Waals surface area contributed by atoms with E-state index in [0.717, 1.165) is 11.0 Å². The normalized spacial score (nSPS) is 17.2. The van der Waals surface area contributed by atoms with Crippen LogP contribution in [0, 0.1) is 0 Å². The summed E-state index contributed by atoms with van der Waals surface area (Å²) in [5.41, 5.74) is 1.98. The third-order valence-corrected chi connectivity index (χ3v) is 6.79. The second kappa shape index (κ2) is 14.0. The van der Waals surface area contributed by atoms with E-state index in [1.807, 2.05) is 37.4 Å². The van der Waals surface area contributed by atoms with Crippen LogP contribution in [-0.2, 0) is 9.53 Å². The minimum absolute atomic E-state index is 0.196. The number of hydrogen-bond donors (Lipinski definition) is 2. The number of nitrogens with one attached hydrogen (secondary N) is 2. The maximum atomic E-state index is 13.2. The molecule has 1 amide bonds. The number of pyridine rings is 1. The van der Waals surface area contributed by atoms with E-state index in [9.17, 15) is 4.79 Å². The number of hydrogen-bond acceptors (Lipinski definition) is 10. The molecule has 2 aromatic rings. The standard InChI is InChI=1S/C29H31N5O5S/c1-5-31-25(11-9-15-39-22-12-14-32-21-17-24(37-4)23(36-3)16-20(21)22)33-27(35)26-29(38-6-2)40-28(34-26)19-10-7-8-13-30-18-19/h5,7-12,14-18,28,34H,6,13H2,1-4H3,(H,33,35)/b15-9+,25-11+,31-5-. The molecule has 0 bridgehead atoms. The molecule has 3 heterocycles. The highest BCUT2D eigenvalue weighted by Gasteiger charge is 2.32. The Morgan fingerprint density at radius 2 is 2.08 bits per heavy atom. The van der Waals surface area contributed by atoms with Crippen LogP contribution in [0.25, 0.3) is 10.9 Å². The first-order valence-electron chi connectivity index (χ1n) is 12.6. The highest BCUT2D eigenvalue weighted by molar-refractivity contribution is 8.04. The molecule has 4 rings (SSSR count). The quantitative estimate of drug-likeness (QED) is 0.232. The molecule has 1 unspecified atom stereocenters. The fraction of sp³-hybridized carbons (Fsp3) is 0.241. The van der Waals surface area contributed by atoms with Crippen molar-refractivity contribution in [3.05, 3.63) is 83.2 Å². The van der Waals surface area contributed by atoms with E-state index < -0.39 is 0 Å². The third-order valence-electron chi connectivity index (χ3n) is 5.63. The minimum atomic E-state index is -0.368. The van der Waals surface area contributed by atoms with Gasteiger partial charge in [0.05, 0.1) is 39.2 Å². The van der Waals surface area contributed by atoms with Crippen LogP contribution in [-0.4, -0.2) is 56.1 Å². The average Bonchev–Trinajstić information content (AvgIpc) is 3.19. The lowest BCUT2D eigenvalue weighted by atomic mass is 10.2. The lowest BCUT2D eigenvalue weighted by Crippen LogP contribution is -2.33. The van der Waals surface area contributed by atoms with Gasteiger partial charge in [-0.15, -0.1) is 0 Å². The first-order chi connectivity index (χ1) is 19.6. The first-order valence-corrected chi connectivity index (χ1v) is 13.5. The van der Waals surface area contributed by atoms with E-state index in [1.165, 1.54) is 18.0 Å².